The van der Waals surface area contributed by atoms with Crippen LogP contribution in [-0.2, 0) is 9.53 Å². The first kappa shape index (κ1) is 15.7. The molecule has 24 heavy (non-hydrogen) atoms. The van der Waals surface area contributed by atoms with Crippen LogP contribution in [0.15, 0.2) is 91.0 Å². The van der Waals surface area contributed by atoms with Crippen LogP contribution < -0.4 is 0 Å². The lowest BCUT2D eigenvalue weighted by Gasteiger charge is -2.18. The third kappa shape index (κ3) is 3.58. The molecule has 0 aliphatic heterocycles. The van der Waals surface area contributed by atoms with Crippen molar-refractivity contribution in [3.05, 3.63) is 108 Å². The summed E-state index contributed by atoms with van der Waals surface area (Å²) in [5, 5.41) is 0. The van der Waals surface area contributed by atoms with E-state index in [0.29, 0.717) is 5.56 Å². The van der Waals surface area contributed by atoms with E-state index in [1.807, 2.05) is 60.7 Å². The summed E-state index contributed by atoms with van der Waals surface area (Å²) in [6.07, 6.45) is -0.618. The van der Waals surface area contributed by atoms with Crippen LogP contribution >= 0.6 is 0 Å². The Bertz CT molecular complexity index is 772. The van der Waals surface area contributed by atoms with E-state index in [9.17, 15) is 9.59 Å². The number of ketones is 1. The summed E-state index contributed by atoms with van der Waals surface area (Å²) in [5.41, 5.74) is 1.96. The van der Waals surface area contributed by atoms with E-state index in [1.165, 1.54) is 0 Å². The van der Waals surface area contributed by atoms with Crippen LogP contribution in [0.3, 0.4) is 0 Å². The Morgan fingerprint density at radius 2 is 1.04 bits per heavy atom. The second-order valence-corrected chi connectivity index (χ2v) is 5.30. The van der Waals surface area contributed by atoms with Gasteiger partial charge in [-0.1, -0.05) is 91.0 Å². The molecule has 0 fully saturated rings. The molecule has 0 heterocycles. The molecule has 0 aliphatic rings. The van der Waals surface area contributed by atoms with Crippen molar-refractivity contribution in [2.45, 2.75) is 6.10 Å². The second-order valence-electron chi connectivity index (χ2n) is 5.30. The lowest BCUT2D eigenvalue weighted by atomic mass is 10.0. The predicted molar refractivity (Wildman–Crippen MR) is 91.6 cm³/mol. The van der Waals surface area contributed by atoms with Crippen molar-refractivity contribution in [3.8, 4) is 0 Å². The number of ether oxygens (including phenoxy) is 1. The molecule has 3 rings (SSSR count). The van der Waals surface area contributed by atoms with Crippen LogP contribution in [0.4, 0.5) is 0 Å². The minimum atomic E-state index is -0.862. The first-order valence-electron chi connectivity index (χ1n) is 7.66. The summed E-state index contributed by atoms with van der Waals surface area (Å²) in [6, 6.07) is 27.2. The number of benzene rings is 3. The SMILES string of the molecule is O=C(OC(c1ccccc1)c1ccccc1)C(=O)c1ccccc1. The minimum absolute atomic E-state index is 0.322. The third-order valence-electron chi connectivity index (χ3n) is 3.65. The van der Waals surface area contributed by atoms with Crippen molar-refractivity contribution in [1.29, 1.82) is 0 Å². The number of hydrogen-bond donors (Lipinski definition) is 0. The van der Waals surface area contributed by atoms with Gasteiger partial charge in [-0.2, -0.15) is 0 Å². The van der Waals surface area contributed by atoms with Gasteiger partial charge in [0, 0.05) is 5.56 Å². The van der Waals surface area contributed by atoms with Gasteiger partial charge in [-0.3, -0.25) is 4.79 Å². The van der Waals surface area contributed by atoms with Gasteiger partial charge in [-0.05, 0) is 11.1 Å². The van der Waals surface area contributed by atoms with Crippen LogP contribution in [0.25, 0.3) is 0 Å². The molecule has 0 aliphatic carbocycles. The molecule has 0 bridgehead atoms. The van der Waals surface area contributed by atoms with Gasteiger partial charge < -0.3 is 4.74 Å². The van der Waals surface area contributed by atoms with Crippen molar-refractivity contribution in [2.75, 3.05) is 0 Å². The van der Waals surface area contributed by atoms with Gasteiger partial charge in [-0.25, -0.2) is 4.79 Å². The highest BCUT2D eigenvalue weighted by atomic mass is 16.5. The Kier molecular flexibility index (Phi) is 4.82. The third-order valence-corrected chi connectivity index (χ3v) is 3.65. The molecule has 0 saturated heterocycles. The Balaban J connectivity index is 1.87. The molecular weight excluding hydrogens is 300 g/mol. The number of carbonyl (C=O) groups excluding carboxylic acids is 2. The van der Waals surface area contributed by atoms with E-state index in [1.54, 1.807) is 30.3 Å². The van der Waals surface area contributed by atoms with Crippen LogP contribution in [0, 0.1) is 0 Å². The first-order valence-corrected chi connectivity index (χ1v) is 7.66. The first-order chi connectivity index (χ1) is 11.8. The van der Waals surface area contributed by atoms with Crippen molar-refractivity contribution >= 4 is 11.8 Å². The minimum Gasteiger partial charge on any atom is -0.447 e. The molecule has 118 valence electrons. The fourth-order valence-corrected chi connectivity index (χ4v) is 2.45. The van der Waals surface area contributed by atoms with Crippen molar-refractivity contribution < 1.29 is 14.3 Å². The smallest absolute Gasteiger partial charge is 0.380 e. The lowest BCUT2D eigenvalue weighted by Crippen LogP contribution is -2.21. The van der Waals surface area contributed by atoms with E-state index < -0.39 is 17.9 Å². The fraction of sp³-hybridized carbons (Fsp3) is 0.0476. The predicted octanol–water partition coefficient (Wildman–Crippen LogP) is 4.20. The molecule has 0 radical (unpaired) electrons. The molecule has 0 amide bonds. The average molecular weight is 316 g/mol. The fourth-order valence-electron chi connectivity index (χ4n) is 2.45. The Morgan fingerprint density at radius 1 is 0.625 bits per heavy atom. The number of Topliss-reactive ketones (excluding diaryl/α,β-unsaturated/α-hetero) is 1. The second kappa shape index (κ2) is 7.38. The van der Waals surface area contributed by atoms with E-state index in [0.717, 1.165) is 11.1 Å². The van der Waals surface area contributed by atoms with Gasteiger partial charge in [0.25, 0.3) is 5.78 Å². The van der Waals surface area contributed by atoms with Crippen LogP contribution in [0.1, 0.15) is 27.6 Å². The number of carbonyl (C=O) groups is 2. The van der Waals surface area contributed by atoms with E-state index in [-0.39, 0.29) is 0 Å². The molecule has 3 aromatic carbocycles. The topological polar surface area (TPSA) is 43.4 Å². The van der Waals surface area contributed by atoms with Crippen LogP contribution in [-0.4, -0.2) is 11.8 Å². The number of hydrogen-bond acceptors (Lipinski definition) is 3. The van der Waals surface area contributed by atoms with Crippen LogP contribution in [0.2, 0.25) is 0 Å². The van der Waals surface area contributed by atoms with E-state index in [2.05, 4.69) is 0 Å². The summed E-state index contributed by atoms with van der Waals surface area (Å²) in [5.74, 6) is -1.51. The molecule has 3 heteroatoms. The van der Waals surface area contributed by atoms with Gasteiger partial charge in [0.1, 0.15) is 0 Å². The lowest BCUT2D eigenvalue weighted by molar-refractivity contribution is -0.141. The zero-order valence-corrected chi connectivity index (χ0v) is 13.0. The van der Waals surface area contributed by atoms with E-state index >= 15 is 0 Å². The van der Waals surface area contributed by atoms with Gasteiger partial charge >= 0.3 is 5.97 Å². The number of esters is 1. The summed E-state index contributed by atoms with van der Waals surface area (Å²) in [6.45, 7) is 0. The zero-order valence-electron chi connectivity index (χ0n) is 13.0. The van der Waals surface area contributed by atoms with Gasteiger partial charge in [-0.15, -0.1) is 0 Å². The maximum atomic E-state index is 12.3. The number of rotatable bonds is 5. The highest BCUT2D eigenvalue weighted by Crippen LogP contribution is 2.26. The molecule has 0 spiro atoms. The molecule has 0 atom stereocenters. The summed E-state index contributed by atoms with van der Waals surface area (Å²) >= 11 is 0. The van der Waals surface area contributed by atoms with Crippen molar-refractivity contribution in [1.82, 2.24) is 0 Å². The van der Waals surface area contributed by atoms with E-state index in [4.69, 9.17) is 4.74 Å². The van der Waals surface area contributed by atoms with Gasteiger partial charge in [0.05, 0.1) is 0 Å². The Morgan fingerprint density at radius 3 is 1.50 bits per heavy atom. The average Bonchev–Trinajstić information content (AvgIpc) is 2.67. The molecule has 0 N–H and O–H groups in total. The monoisotopic (exact) mass is 316 g/mol. The normalized spacial score (nSPS) is 10.4. The van der Waals surface area contributed by atoms with Crippen molar-refractivity contribution in [3.63, 3.8) is 0 Å². The molecule has 3 aromatic rings. The van der Waals surface area contributed by atoms with Crippen LogP contribution in [0.5, 0.6) is 0 Å². The molecule has 0 saturated carbocycles. The summed E-state index contributed by atoms with van der Waals surface area (Å²) < 4.78 is 5.55. The molecule has 0 unspecified atom stereocenters. The van der Waals surface area contributed by atoms with Gasteiger partial charge in [0.2, 0.25) is 0 Å². The zero-order chi connectivity index (χ0) is 16.8. The quantitative estimate of drug-likeness (QED) is 0.402. The Labute approximate surface area is 140 Å². The highest BCUT2D eigenvalue weighted by Gasteiger charge is 2.24. The largest absolute Gasteiger partial charge is 0.447 e. The maximum Gasteiger partial charge on any atom is 0.380 e. The van der Waals surface area contributed by atoms with Gasteiger partial charge in [0.15, 0.2) is 6.10 Å². The van der Waals surface area contributed by atoms with Crippen molar-refractivity contribution in [2.24, 2.45) is 0 Å². The Hall–Kier alpha value is -3.20. The molecule has 3 nitrogen and oxygen atoms in total. The molecule has 0 aromatic heterocycles. The maximum absolute atomic E-state index is 12.3. The highest BCUT2D eigenvalue weighted by molar-refractivity contribution is 6.40. The molecular formula is C21H16O3. The summed E-state index contributed by atoms with van der Waals surface area (Å²) in [4.78, 5) is 24.6. The summed E-state index contributed by atoms with van der Waals surface area (Å²) in [7, 11) is 0. The standard InChI is InChI=1S/C21H16O3/c22-19(16-10-4-1-5-11-16)21(23)24-20(17-12-6-2-7-13-17)18-14-8-3-9-15-18/h1-15,20H.